The highest BCUT2D eigenvalue weighted by Gasteiger charge is 2.27. The molecule has 0 atom stereocenters. The molecule has 2 amide bonds. The summed E-state index contributed by atoms with van der Waals surface area (Å²) in [5.74, 6) is 0.895. The van der Waals surface area contributed by atoms with Gasteiger partial charge in [0.05, 0.1) is 23.7 Å². The summed E-state index contributed by atoms with van der Waals surface area (Å²) in [4.78, 5) is 33.9. The molecule has 4 rings (SSSR count). The molecule has 1 aromatic carbocycles. The van der Waals surface area contributed by atoms with Crippen LogP contribution < -0.4 is 16.0 Å². The van der Waals surface area contributed by atoms with Crippen LogP contribution in [0.15, 0.2) is 36.5 Å². The number of pyridine rings is 1. The van der Waals surface area contributed by atoms with E-state index in [0.717, 1.165) is 25.9 Å². The molecule has 0 aliphatic carbocycles. The molecule has 33 heavy (non-hydrogen) atoms. The molecule has 8 nitrogen and oxygen atoms in total. The van der Waals surface area contributed by atoms with Crippen LogP contribution in [0.3, 0.4) is 0 Å². The zero-order chi connectivity index (χ0) is 23.4. The topological polar surface area (TPSA) is 112 Å². The average molecular weight is 472 g/mol. The minimum atomic E-state index is -0.279. The Labute approximate surface area is 198 Å². The highest BCUT2D eigenvalue weighted by molar-refractivity contribution is 6.31. The van der Waals surface area contributed by atoms with E-state index in [1.54, 1.807) is 36.5 Å². The highest BCUT2D eigenvalue weighted by Crippen LogP contribution is 2.31. The van der Waals surface area contributed by atoms with E-state index in [4.69, 9.17) is 17.3 Å². The first kappa shape index (κ1) is 23.3. The molecule has 1 aromatic heterocycles. The number of carbonyl (C=O) groups excluding carboxylic acids is 2. The van der Waals surface area contributed by atoms with Gasteiger partial charge in [0.2, 0.25) is 5.91 Å². The molecule has 3 heterocycles. The number of amides is 2. The number of hydrogen-bond donors (Lipinski definition) is 3. The Hall–Kier alpha value is -2.84. The minimum Gasteiger partial charge on any atom is -0.397 e. The molecule has 2 aliphatic heterocycles. The first-order chi connectivity index (χ1) is 15.9. The summed E-state index contributed by atoms with van der Waals surface area (Å²) < 4.78 is 0. The maximum Gasteiger partial charge on any atom is 0.255 e. The third kappa shape index (κ3) is 5.94. The number of benzene rings is 1. The van der Waals surface area contributed by atoms with Crippen molar-refractivity contribution in [2.24, 2.45) is 5.92 Å². The summed E-state index contributed by atoms with van der Waals surface area (Å²) >= 11 is 6.02. The standard InChI is InChI=1S/C24H30ClN5O3/c25-18-3-1-2-17(13-18)24(33)28-21-14-19(26)15-27-23(21)30-8-4-16(5-9-30)12-22(32)29-10-6-20(31)7-11-29/h1-3,13-16,20,31H,4-12,26H2,(H,28,33). The number of nitrogen functional groups attached to an aromatic ring is 1. The van der Waals surface area contributed by atoms with E-state index in [-0.39, 0.29) is 17.9 Å². The summed E-state index contributed by atoms with van der Waals surface area (Å²) in [5, 5.41) is 13.1. The fraction of sp³-hybridized carbons (Fsp3) is 0.458. The van der Waals surface area contributed by atoms with Gasteiger partial charge in [-0.3, -0.25) is 9.59 Å². The predicted molar refractivity (Wildman–Crippen MR) is 129 cm³/mol. The number of carbonyl (C=O) groups is 2. The summed E-state index contributed by atoms with van der Waals surface area (Å²) in [5.41, 5.74) is 7.42. The number of rotatable bonds is 5. The molecule has 2 aromatic rings. The van der Waals surface area contributed by atoms with Gasteiger partial charge in [0.15, 0.2) is 5.82 Å². The van der Waals surface area contributed by atoms with E-state index < -0.39 is 0 Å². The van der Waals surface area contributed by atoms with E-state index >= 15 is 0 Å². The molecule has 0 bridgehead atoms. The van der Waals surface area contributed by atoms with Crippen LogP contribution in [0.4, 0.5) is 17.2 Å². The van der Waals surface area contributed by atoms with Gasteiger partial charge < -0.3 is 26.0 Å². The molecule has 0 saturated carbocycles. The molecule has 0 radical (unpaired) electrons. The van der Waals surface area contributed by atoms with Gasteiger partial charge in [0, 0.05) is 43.2 Å². The third-order valence-corrected chi connectivity index (χ3v) is 6.65. The van der Waals surface area contributed by atoms with E-state index in [9.17, 15) is 14.7 Å². The zero-order valence-corrected chi connectivity index (χ0v) is 19.3. The lowest BCUT2D eigenvalue weighted by molar-refractivity contribution is -0.134. The van der Waals surface area contributed by atoms with E-state index in [2.05, 4.69) is 15.2 Å². The molecule has 0 spiro atoms. The van der Waals surface area contributed by atoms with Gasteiger partial charge in [-0.25, -0.2) is 4.98 Å². The number of anilines is 3. The first-order valence-corrected chi connectivity index (χ1v) is 11.8. The van der Waals surface area contributed by atoms with Crippen LogP contribution >= 0.6 is 11.6 Å². The second kappa shape index (κ2) is 10.4. The van der Waals surface area contributed by atoms with Crippen molar-refractivity contribution in [2.45, 2.75) is 38.2 Å². The fourth-order valence-corrected chi connectivity index (χ4v) is 4.67. The number of halogens is 1. The monoisotopic (exact) mass is 471 g/mol. The van der Waals surface area contributed by atoms with E-state index in [1.165, 1.54) is 0 Å². The van der Waals surface area contributed by atoms with Gasteiger partial charge in [0.25, 0.3) is 5.91 Å². The third-order valence-electron chi connectivity index (χ3n) is 6.42. The number of aliphatic hydroxyl groups excluding tert-OH is 1. The lowest BCUT2D eigenvalue weighted by Gasteiger charge is -2.35. The number of nitrogens with zero attached hydrogens (tertiary/aromatic N) is 3. The molecule has 176 valence electrons. The number of aliphatic hydroxyl groups is 1. The Morgan fingerprint density at radius 1 is 1.12 bits per heavy atom. The van der Waals surface area contributed by atoms with Crippen LogP contribution in [0.2, 0.25) is 5.02 Å². The number of nitrogens with two attached hydrogens (primary N) is 1. The van der Waals surface area contributed by atoms with Crippen molar-refractivity contribution >= 4 is 40.6 Å². The average Bonchev–Trinajstić information content (AvgIpc) is 2.80. The Morgan fingerprint density at radius 3 is 2.55 bits per heavy atom. The van der Waals surface area contributed by atoms with Gasteiger partial charge in [-0.05, 0) is 55.9 Å². The first-order valence-electron chi connectivity index (χ1n) is 11.4. The van der Waals surface area contributed by atoms with Crippen LogP contribution in [0.1, 0.15) is 42.5 Å². The number of likely N-dealkylation sites (tertiary alicyclic amines) is 1. The van der Waals surface area contributed by atoms with E-state index in [0.29, 0.717) is 66.0 Å². The van der Waals surface area contributed by atoms with Gasteiger partial charge in [-0.15, -0.1) is 0 Å². The van der Waals surface area contributed by atoms with Crippen LogP contribution in [0.5, 0.6) is 0 Å². The molecule has 2 aliphatic rings. The lowest BCUT2D eigenvalue weighted by Crippen LogP contribution is -2.42. The maximum atomic E-state index is 12.7. The molecule has 2 saturated heterocycles. The second-order valence-electron chi connectivity index (χ2n) is 8.85. The maximum absolute atomic E-state index is 12.7. The Bertz CT molecular complexity index is 1000. The molecule has 4 N–H and O–H groups in total. The Kier molecular flexibility index (Phi) is 7.35. The highest BCUT2D eigenvalue weighted by atomic mass is 35.5. The van der Waals surface area contributed by atoms with Gasteiger partial charge in [-0.2, -0.15) is 0 Å². The molecule has 0 unspecified atom stereocenters. The van der Waals surface area contributed by atoms with Crippen molar-refractivity contribution < 1.29 is 14.7 Å². The normalized spacial score (nSPS) is 17.8. The second-order valence-corrected chi connectivity index (χ2v) is 9.29. The molecule has 2 fully saturated rings. The molecular formula is C24H30ClN5O3. The van der Waals surface area contributed by atoms with Crippen molar-refractivity contribution in [1.29, 1.82) is 0 Å². The molecule has 9 heteroatoms. The predicted octanol–water partition coefficient (Wildman–Crippen LogP) is 3.16. The zero-order valence-electron chi connectivity index (χ0n) is 18.5. The van der Waals surface area contributed by atoms with Crippen molar-refractivity contribution in [2.75, 3.05) is 42.1 Å². The quantitative estimate of drug-likeness (QED) is 0.617. The summed E-state index contributed by atoms with van der Waals surface area (Å²) in [6.07, 6.45) is 4.92. The Balaban J connectivity index is 1.37. The number of hydrogen-bond acceptors (Lipinski definition) is 6. The Morgan fingerprint density at radius 2 is 1.85 bits per heavy atom. The van der Waals surface area contributed by atoms with Crippen LogP contribution in [0, 0.1) is 5.92 Å². The van der Waals surface area contributed by atoms with Crippen molar-refractivity contribution in [3.8, 4) is 0 Å². The summed E-state index contributed by atoms with van der Waals surface area (Å²) in [6.45, 7) is 2.77. The minimum absolute atomic E-state index is 0.181. The van der Waals surface area contributed by atoms with Gasteiger partial charge in [0.1, 0.15) is 0 Å². The van der Waals surface area contributed by atoms with Crippen molar-refractivity contribution in [3.05, 3.63) is 47.1 Å². The smallest absolute Gasteiger partial charge is 0.255 e. The molecular weight excluding hydrogens is 442 g/mol. The van der Waals surface area contributed by atoms with E-state index in [1.807, 2.05) is 4.90 Å². The number of aromatic nitrogens is 1. The van der Waals surface area contributed by atoms with Crippen molar-refractivity contribution in [3.63, 3.8) is 0 Å². The van der Waals surface area contributed by atoms with Gasteiger partial charge >= 0.3 is 0 Å². The fourth-order valence-electron chi connectivity index (χ4n) is 4.48. The largest absolute Gasteiger partial charge is 0.397 e. The van der Waals surface area contributed by atoms with Gasteiger partial charge in [-0.1, -0.05) is 17.7 Å². The summed E-state index contributed by atoms with van der Waals surface area (Å²) in [7, 11) is 0. The van der Waals surface area contributed by atoms with Crippen molar-refractivity contribution in [1.82, 2.24) is 9.88 Å². The lowest BCUT2D eigenvalue weighted by atomic mass is 9.92. The van der Waals surface area contributed by atoms with Crippen LogP contribution in [0.25, 0.3) is 0 Å². The van der Waals surface area contributed by atoms with Crippen LogP contribution in [-0.4, -0.2) is 59.1 Å². The summed E-state index contributed by atoms with van der Waals surface area (Å²) in [6, 6.07) is 8.47. The van der Waals surface area contributed by atoms with Crippen LogP contribution in [-0.2, 0) is 4.79 Å². The number of nitrogens with one attached hydrogen (secondary N) is 1. The SMILES string of the molecule is Nc1cnc(N2CCC(CC(=O)N3CCC(O)CC3)CC2)c(NC(=O)c2cccc(Cl)c2)c1. The number of piperidine rings is 2.